The molecule has 0 N–H and O–H groups in total. The van der Waals surface area contributed by atoms with E-state index in [1.54, 1.807) is 0 Å². The number of benzene rings is 1. The first-order valence-electron chi connectivity index (χ1n) is 6.73. The Bertz CT molecular complexity index is 695. The summed E-state index contributed by atoms with van der Waals surface area (Å²) in [7, 11) is 0. The highest BCUT2D eigenvalue weighted by molar-refractivity contribution is 5.28. The summed E-state index contributed by atoms with van der Waals surface area (Å²) in [5.74, 6) is -1.95. The maximum Gasteiger partial charge on any atom is 0.139 e. The number of aromatic nitrogens is 3. The van der Waals surface area contributed by atoms with E-state index in [-0.39, 0.29) is 0 Å². The minimum Gasteiger partial charge on any atom is -0.362 e. The van der Waals surface area contributed by atoms with Crippen molar-refractivity contribution in [2.45, 2.75) is 12.1 Å². The molecule has 1 saturated heterocycles. The minimum absolute atomic E-state index is 0.422. The Morgan fingerprint density at radius 2 is 2.41 bits per heavy atom. The molecular formula is C11H9F2N3O. The second kappa shape index (κ2) is 3.59. The first kappa shape index (κ1) is 6.80. The lowest BCUT2D eigenvalue weighted by Crippen LogP contribution is -2.19. The zero-order valence-electron chi connectivity index (χ0n) is 12.4. The summed E-state index contributed by atoms with van der Waals surface area (Å²) in [6.07, 6.45) is 2.09. The van der Waals surface area contributed by atoms with Crippen LogP contribution in [0.4, 0.5) is 8.78 Å². The van der Waals surface area contributed by atoms with Crippen LogP contribution < -0.4 is 0 Å². The molecule has 4 nitrogen and oxygen atoms in total. The third kappa shape index (κ3) is 1.80. The van der Waals surface area contributed by atoms with E-state index in [0.29, 0.717) is 6.07 Å². The largest absolute Gasteiger partial charge is 0.362 e. The van der Waals surface area contributed by atoms with E-state index in [9.17, 15) is 8.78 Å². The zero-order valence-corrected chi connectivity index (χ0v) is 8.39. The number of hydrogen-bond acceptors (Lipinski definition) is 3. The second-order valence-electron chi connectivity index (χ2n) is 3.46. The SMILES string of the molecule is [2H]C1([2H])OC1(c1ccc(F)cc1F)C([2H])([2H])n1cncn1. The molecule has 0 spiro atoms. The van der Waals surface area contributed by atoms with Crippen LogP contribution in [0.3, 0.4) is 0 Å². The molecule has 1 aromatic heterocycles. The molecule has 2 aromatic rings. The second-order valence-corrected chi connectivity index (χ2v) is 3.46. The average molecular weight is 241 g/mol. The summed E-state index contributed by atoms with van der Waals surface area (Å²) in [6, 6.07) is 2.42. The third-order valence-electron chi connectivity index (χ3n) is 2.31. The first-order valence-corrected chi connectivity index (χ1v) is 4.73. The highest BCUT2D eigenvalue weighted by Crippen LogP contribution is 2.41. The molecule has 3 rings (SSSR count). The average Bonchev–Trinajstić information content (AvgIpc) is 2.80. The smallest absolute Gasteiger partial charge is 0.139 e. The molecule has 1 aliphatic heterocycles. The molecule has 1 aliphatic rings. The van der Waals surface area contributed by atoms with E-state index in [1.807, 2.05) is 0 Å². The van der Waals surface area contributed by atoms with Crippen molar-refractivity contribution in [3.05, 3.63) is 48.1 Å². The van der Waals surface area contributed by atoms with E-state index in [2.05, 4.69) is 10.1 Å². The maximum absolute atomic E-state index is 14.0. The molecule has 0 radical (unpaired) electrons. The number of epoxide rings is 1. The van der Waals surface area contributed by atoms with Crippen molar-refractivity contribution in [3.8, 4) is 0 Å². The highest BCUT2D eigenvalue weighted by atomic mass is 19.1. The fraction of sp³-hybridized carbons (Fsp3) is 0.273. The fourth-order valence-electron chi connectivity index (χ4n) is 1.47. The number of nitrogens with zero attached hydrogens (tertiary/aromatic N) is 3. The van der Waals surface area contributed by atoms with Gasteiger partial charge in [-0.15, -0.1) is 0 Å². The number of hydrogen-bond donors (Lipinski definition) is 0. The van der Waals surface area contributed by atoms with Gasteiger partial charge in [-0.1, -0.05) is 6.07 Å². The molecule has 0 bridgehead atoms. The van der Waals surface area contributed by atoms with Crippen LogP contribution in [0, 0.1) is 11.6 Å². The Morgan fingerprint density at radius 3 is 3.00 bits per heavy atom. The molecule has 17 heavy (non-hydrogen) atoms. The molecule has 1 fully saturated rings. The van der Waals surface area contributed by atoms with Crippen LogP contribution in [0.5, 0.6) is 0 Å². The van der Waals surface area contributed by atoms with Gasteiger partial charge in [-0.2, -0.15) is 5.10 Å². The Kier molecular flexibility index (Phi) is 1.44. The van der Waals surface area contributed by atoms with Crippen molar-refractivity contribution in [1.82, 2.24) is 14.8 Å². The standard InChI is InChI=1S/C11H9F2N3O/c12-8-1-2-9(10(13)3-8)11(5-17-11)4-16-7-14-6-15-16/h1-3,6-7H,4-5H2/i4D2,5D2. The normalized spacial score (nSPS) is 30.0. The summed E-state index contributed by atoms with van der Waals surface area (Å²) < 4.78 is 64.2. The van der Waals surface area contributed by atoms with Crippen molar-refractivity contribution in [2.75, 3.05) is 6.56 Å². The number of rotatable bonds is 3. The van der Waals surface area contributed by atoms with Crippen LogP contribution in [-0.4, -0.2) is 21.3 Å². The van der Waals surface area contributed by atoms with Gasteiger partial charge in [0.2, 0.25) is 0 Å². The van der Waals surface area contributed by atoms with Crippen molar-refractivity contribution in [1.29, 1.82) is 0 Å². The summed E-state index contributed by atoms with van der Waals surface area (Å²) in [4.78, 5) is 3.59. The molecule has 1 aromatic carbocycles. The lowest BCUT2D eigenvalue weighted by molar-refractivity contribution is 0.262. The number of ether oxygens (including phenoxy) is 1. The van der Waals surface area contributed by atoms with Crippen molar-refractivity contribution >= 4 is 0 Å². The Hall–Kier alpha value is -1.82. The van der Waals surface area contributed by atoms with E-state index in [0.717, 1.165) is 29.5 Å². The Balaban J connectivity index is 2.19. The van der Waals surface area contributed by atoms with Gasteiger partial charge in [-0.25, -0.2) is 18.4 Å². The molecule has 1 atom stereocenters. The fourth-order valence-corrected chi connectivity index (χ4v) is 1.47. The van der Waals surface area contributed by atoms with Gasteiger partial charge in [-0.3, -0.25) is 0 Å². The topological polar surface area (TPSA) is 43.2 Å². The van der Waals surface area contributed by atoms with Crippen LogP contribution >= 0.6 is 0 Å². The number of halogens is 2. The van der Waals surface area contributed by atoms with Crippen LogP contribution in [0.1, 0.15) is 11.0 Å². The monoisotopic (exact) mass is 241 g/mol. The molecule has 1 unspecified atom stereocenters. The van der Waals surface area contributed by atoms with Crippen LogP contribution in [0.25, 0.3) is 0 Å². The van der Waals surface area contributed by atoms with Gasteiger partial charge in [0.05, 0.1) is 18.5 Å². The lowest BCUT2D eigenvalue weighted by atomic mass is 9.99. The van der Waals surface area contributed by atoms with Crippen molar-refractivity contribution < 1.29 is 19.0 Å². The van der Waals surface area contributed by atoms with E-state index >= 15 is 0 Å². The summed E-state index contributed by atoms with van der Waals surface area (Å²) in [5, 5.41) is 3.62. The van der Waals surface area contributed by atoms with Crippen LogP contribution in [0.15, 0.2) is 30.9 Å². The summed E-state index contributed by atoms with van der Waals surface area (Å²) in [5.41, 5.74) is -2.69. The molecule has 6 heteroatoms. The van der Waals surface area contributed by atoms with Crippen LogP contribution in [-0.2, 0) is 16.8 Å². The van der Waals surface area contributed by atoms with Crippen molar-refractivity contribution in [3.63, 3.8) is 0 Å². The third-order valence-corrected chi connectivity index (χ3v) is 2.31. The quantitative estimate of drug-likeness (QED) is 0.764. The molecule has 88 valence electrons. The summed E-state index contributed by atoms with van der Waals surface area (Å²) >= 11 is 0. The molecule has 0 amide bonds. The zero-order chi connectivity index (χ0) is 15.5. The molecule has 0 aliphatic carbocycles. The molecular weight excluding hydrogens is 228 g/mol. The Labute approximate surface area is 101 Å². The van der Waals surface area contributed by atoms with Gasteiger partial charge in [0.25, 0.3) is 0 Å². The highest BCUT2D eigenvalue weighted by Gasteiger charge is 2.49. The van der Waals surface area contributed by atoms with Gasteiger partial charge in [0.1, 0.15) is 29.9 Å². The van der Waals surface area contributed by atoms with Gasteiger partial charge in [0, 0.05) is 11.6 Å². The van der Waals surface area contributed by atoms with Crippen LogP contribution in [0.2, 0.25) is 0 Å². The maximum atomic E-state index is 14.0. The van der Waals surface area contributed by atoms with E-state index in [4.69, 9.17) is 10.2 Å². The predicted octanol–water partition coefficient (Wildman–Crippen LogP) is 1.48. The summed E-state index contributed by atoms with van der Waals surface area (Å²) in [6.45, 7) is -5.03. The minimum atomic E-state index is -2.56. The van der Waals surface area contributed by atoms with Gasteiger partial charge in [0.15, 0.2) is 0 Å². The molecule has 0 saturated carbocycles. The van der Waals surface area contributed by atoms with E-state index < -0.39 is 35.9 Å². The van der Waals surface area contributed by atoms with Gasteiger partial charge >= 0.3 is 0 Å². The Morgan fingerprint density at radius 1 is 1.59 bits per heavy atom. The molecule has 2 heterocycles. The van der Waals surface area contributed by atoms with Crippen molar-refractivity contribution in [2.24, 2.45) is 0 Å². The van der Waals surface area contributed by atoms with E-state index in [1.165, 1.54) is 0 Å². The van der Waals surface area contributed by atoms with Gasteiger partial charge in [-0.05, 0) is 6.07 Å². The first-order chi connectivity index (χ1) is 9.72. The predicted molar refractivity (Wildman–Crippen MR) is 54.0 cm³/mol. The lowest BCUT2D eigenvalue weighted by Gasteiger charge is -2.12. The van der Waals surface area contributed by atoms with Gasteiger partial charge < -0.3 is 4.74 Å².